The lowest BCUT2D eigenvalue weighted by molar-refractivity contribution is -0.302. The van der Waals surface area contributed by atoms with Crippen LogP contribution in [0.1, 0.15) is 373 Å². The molecule has 1 aliphatic rings. The van der Waals surface area contributed by atoms with Gasteiger partial charge in [-0.05, 0) is 83.5 Å². The van der Waals surface area contributed by atoms with E-state index in [4.69, 9.17) is 14.2 Å². The van der Waals surface area contributed by atoms with Crippen molar-refractivity contribution in [1.29, 1.82) is 0 Å². The summed E-state index contributed by atoms with van der Waals surface area (Å²) in [6.07, 6.45) is 78.7. The molecule has 0 aromatic heterocycles. The van der Waals surface area contributed by atoms with Crippen molar-refractivity contribution in [3.05, 3.63) is 48.6 Å². The quantitative estimate of drug-likeness (QED) is 0.0195. The van der Waals surface area contributed by atoms with Crippen LogP contribution in [0.15, 0.2) is 48.6 Å². The second-order valence-electron chi connectivity index (χ2n) is 26.7. The lowest BCUT2D eigenvalue weighted by Gasteiger charge is -2.40. The molecule has 1 heterocycles. The van der Waals surface area contributed by atoms with Gasteiger partial charge in [-0.15, -0.1) is 0 Å². The number of amides is 1. The SMILES string of the molecule is CCC/C=C\C/C=C\CCCCCCCC(=O)OCCCCCCCCCCCCCCCCCCCC/C=C\CCCCCCCCCCCCCCCCCCCC(=O)NC(COC1OC(CO)C(O)C(O)C1O)C(O)/C=C/CCCCCCCCC. The van der Waals surface area contributed by atoms with Gasteiger partial charge >= 0.3 is 5.97 Å². The smallest absolute Gasteiger partial charge is 0.305 e. The first-order valence-corrected chi connectivity index (χ1v) is 38.4. The first kappa shape index (κ1) is 84.6. The van der Waals surface area contributed by atoms with Gasteiger partial charge in [0.25, 0.3) is 0 Å². The molecule has 11 heteroatoms. The molecule has 1 rings (SSSR count). The average molecular weight is 1260 g/mol. The van der Waals surface area contributed by atoms with E-state index in [-0.39, 0.29) is 18.5 Å². The summed E-state index contributed by atoms with van der Waals surface area (Å²) in [4.78, 5) is 25.1. The summed E-state index contributed by atoms with van der Waals surface area (Å²) in [5.41, 5.74) is 0. The molecule has 89 heavy (non-hydrogen) atoms. The van der Waals surface area contributed by atoms with E-state index < -0.39 is 49.5 Å². The van der Waals surface area contributed by atoms with Crippen LogP contribution in [0.5, 0.6) is 0 Å². The molecule has 0 spiro atoms. The second kappa shape index (κ2) is 67.1. The number of unbranched alkanes of at least 4 members (excludes halogenated alkanes) is 48. The highest BCUT2D eigenvalue weighted by Crippen LogP contribution is 2.24. The maximum atomic E-state index is 13.0. The number of carbonyl (C=O) groups excluding carboxylic acids is 2. The van der Waals surface area contributed by atoms with Gasteiger partial charge in [0.1, 0.15) is 24.4 Å². The maximum Gasteiger partial charge on any atom is 0.305 e. The van der Waals surface area contributed by atoms with E-state index >= 15 is 0 Å². The number of ether oxygens (including phenoxy) is 3. The highest BCUT2D eigenvalue weighted by molar-refractivity contribution is 5.76. The molecule has 11 nitrogen and oxygen atoms in total. The van der Waals surface area contributed by atoms with Crippen molar-refractivity contribution in [1.82, 2.24) is 5.32 Å². The van der Waals surface area contributed by atoms with Crippen LogP contribution < -0.4 is 5.32 Å². The van der Waals surface area contributed by atoms with Gasteiger partial charge < -0.3 is 45.1 Å². The Morgan fingerprint density at radius 2 is 0.775 bits per heavy atom. The van der Waals surface area contributed by atoms with Crippen LogP contribution in [0.4, 0.5) is 0 Å². The lowest BCUT2D eigenvalue weighted by Crippen LogP contribution is -2.60. The van der Waals surface area contributed by atoms with Crippen LogP contribution in [0.3, 0.4) is 0 Å². The third-order valence-electron chi connectivity index (χ3n) is 18.1. The first-order valence-electron chi connectivity index (χ1n) is 38.4. The molecule has 7 unspecified atom stereocenters. The Labute approximate surface area is 548 Å². The van der Waals surface area contributed by atoms with Crippen LogP contribution in [-0.2, 0) is 23.8 Å². The third-order valence-corrected chi connectivity index (χ3v) is 18.1. The van der Waals surface area contributed by atoms with Gasteiger partial charge in [-0.3, -0.25) is 9.59 Å². The van der Waals surface area contributed by atoms with Crippen LogP contribution in [0.25, 0.3) is 0 Å². The lowest BCUT2D eigenvalue weighted by atomic mass is 9.99. The number of rotatable bonds is 68. The topological polar surface area (TPSA) is 175 Å². The van der Waals surface area contributed by atoms with E-state index in [1.807, 2.05) is 6.08 Å². The number of nitrogens with one attached hydrogen (secondary N) is 1. The molecule has 1 fully saturated rings. The molecule has 1 aliphatic heterocycles. The van der Waals surface area contributed by atoms with Crippen molar-refractivity contribution in [2.24, 2.45) is 0 Å². The zero-order valence-corrected chi connectivity index (χ0v) is 58.2. The Bertz CT molecular complexity index is 1620. The zero-order valence-electron chi connectivity index (χ0n) is 58.2. The number of hydrogen-bond donors (Lipinski definition) is 6. The van der Waals surface area contributed by atoms with Gasteiger partial charge in [0.15, 0.2) is 6.29 Å². The van der Waals surface area contributed by atoms with Gasteiger partial charge in [-0.1, -0.05) is 326 Å². The molecular weight excluding hydrogens is 1110 g/mol. The molecule has 1 saturated heterocycles. The van der Waals surface area contributed by atoms with E-state index in [0.717, 1.165) is 64.2 Å². The van der Waals surface area contributed by atoms with Crippen LogP contribution in [0.2, 0.25) is 0 Å². The summed E-state index contributed by atoms with van der Waals surface area (Å²) in [6.45, 7) is 4.28. The fraction of sp³-hybridized carbons (Fsp3) is 0.872. The molecule has 0 aromatic carbocycles. The van der Waals surface area contributed by atoms with Gasteiger partial charge in [-0.2, -0.15) is 0 Å². The van der Waals surface area contributed by atoms with Gasteiger partial charge in [-0.25, -0.2) is 0 Å². The minimum atomic E-state index is -1.57. The number of carbonyl (C=O) groups is 2. The number of allylic oxidation sites excluding steroid dienone is 7. The van der Waals surface area contributed by atoms with Crippen molar-refractivity contribution in [2.75, 3.05) is 19.8 Å². The van der Waals surface area contributed by atoms with Crippen molar-refractivity contribution in [2.45, 2.75) is 416 Å². The van der Waals surface area contributed by atoms with E-state index in [1.54, 1.807) is 6.08 Å². The monoisotopic (exact) mass is 1260 g/mol. The summed E-state index contributed by atoms with van der Waals surface area (Å²) in [6, 6.07) is -0.805. The number of hydrogen-bond acceptors (Lipinski definition) is 10. The summed E-state index contributed by atoms with van der Waals surface area (Å²) < 4.78 is 16.7. The van der Waals surface area contributed by atoms with Crippen LogP contribution in [0, 0.1) is 0 Å². The predicted octanol–water partition coefficient (Wildman–Crippen LogP) is 20.3. The summed E-state index contributed by atoms with van der Waals surface area (Å²) >= 11 is 0. The van der Waals surface area contributed by atoms with Gasteiger partial charge in [0, 0.05) is 12.8 Å². The van der Waals surface area contributed by atoms with Crippen molar-refractivity contribution in [3.8, 4) is 0 Å². The molecule has 0 aromatic rings. The minimum absolute atomic E-state index is 0.00139. The molecule has 6 N–H and O–H groups in total. The Hall–Kier alpha value is -2.38. The average Bonchev–Trinajstić information content (AvgIpc) is 2.50. The van der Waals surface area contributed by atoms with Gasteiger partial charge in [0.2, 0.25) is 5.91 Å². The molecule has 7 atom stereocenters. The summed E-state index contributed by atoms with van der Waals surface area (Å²) in [5.74, 6) is -0.177. The molecule has 0 aliphatic carbocycles. The molecule has 522 valence electrons. The standard InChI is InChI=1S/C78H145NO10/c1-3-5-7-9-11-13-14-42-46-50-54-58-62-66-74(83)87-67-63-59-55-51-47-44-41-39-37-35-33-31-29-27-25-23-21-19-17-15-16-18-20-22-24-26-28-30-32-34-36-38-40-43-45-49-53-57-61-65-73(82)79-70(71(81)64-60-56-52-48-12-10-8-6-4-2)69-88-78-77(86)76(85)75(84)72(68-80)89-78/h7,9,13-16,60,64,70-72,75-78,80-81,84-86H,3-6,8,10-12,17-59,61-63,65-69H2,1-2H3,(H,79,82)/b9-7-,14-13-,16-15-,64-60+. The molecule has 0 bridgehead atoms. The Kier molecular flexibility index (Phi) is 63.8. The largest absolute Gasteiger partial charge is 0.466 e. The molecule has 0 saturated carbocycles. The summed E-state index contributed by atoms with van der Waals surface area (Å²) in [7, 11) is 0. The highest BCUT2D eigenvalue weighted by atomic mass is 16.7. The summed E-state index contributed by atoms with van der Waals surface area (Å²) in [5, 5.41) is 54.3. The Morgan fingerprint density at radius 1 is 0.416 bits per heavy atom. The predicted molar refractivity (Wildman–Crippen MR) is 375 cm³/mol. The van der Waals surface area contributed by atoms with Crippen LogP contribution >= 0.6 is 0 Å². The fourth-order valence-electron chi connectivity index (χ4n) is 12.1. The maximum absolute atomic E-state index is 13.0. The van der Waals surface area contributed by atoms with E-state index in [9.17, 15) is 35.1 Å². The Balaban J connectivity index is 1.86. The number of aliphatic hydroxyl groups is 5. The molecular formula is C78H145NO10. The Morgan fingerprint density at radius 3 is 1.19 bits per heavy atom. The normalized spacial score (nSPS) is 17.9. The molecule has 0 radical (unpaired) electrons. The minimum Gasteiger partial charge on any atom is -0.466 e. The van der Waals surface area contributed by atoms with Gasteiger partial charge in [0.05, 0.1) is 32.0 Å². The van der Waals surface area contributed by atoms with Crippen molar-refractivity contribution < 1.29 is 49.3 Å². The van der Waals surface area contributed by atoms with E-state index in [2.05, 4.69) is 55.6 Å². The third kappa shape index (κ3) is 55.8. The van der Waals surface area contributed by atoms with E-state index in [0.29, 0.717) is 19.4 Å². The van der Waals surface area contributed by atoms with E-state index in [1.165, 1.54) is 283 Å². The number of aliphatic hydroxyl groups excluding tert-OH is 5. The fourth-order valence-corrected chi connectivity index (χ4v) is 12.1. The second-order valence-corrected chi connectivity index (χ2v) is 26.7. The van der Waals surface area contributed by atoms with Crippen LogP contribution in [-0.4, -0.2) is 100 Å². The van der Waals surface area contributed by atoms with Crippen molar-refractivity contribution >= 4 is 11.9 Å². The molecule has 1 amide bonds. The first-order chi connectivity index (χ1) is 43.7. The number of esters is 1. The zero-order chi connectivity index (χ0) is 64.4. The highest BCUT2D eigenvalue weighted by Gasteiger charge is 2.44. The van der Waals surface area contributed by atoms with Crippen molar-refractivity contribution in [3.63, 3.8) is 0 Å².